The van der Waals surface area contributed by atoms with E-state index in [0.717, 1.165) is 5.56 Å². The second-order valence-electron chi connectivity index (χ2n) is 3.77. The number of allylic oxidation sites excluding steroid dienone is 1. The second kappa shape index (κ2) is 7.74. The molecule has 0 aliphatic rings. The van der Waals surface area contributed by atoms with Crippen molar-refractivity contribution < 1.29 is 0 Å². The summed E-state index contributed by atoms with van der Waals surface area (Å²) in [6.07, 6.45) is 1.89. The maximum atomic E-state index is 8.85. The van der Waals surface area contributed by atoms with Gasteiger partial charge in [0.05, 0.1) is 11.9 Å². The summed E-state index contributed by atoms with van der Waals surface area (Å²) >= 11 is 0. The standard InChI is InChI=1S/C15H10N6/c1-2-13-5-3-4-6-15(13)21(11-12(7-16)8-17)20-14(9-18)10-19/h3-6,11H,2H2,1H3. The summed E-state index contributed by atoms with van der Waals surface area (Å²) in [5.41, 5.74) is 0.959. The molecule has 0 aromatic heterocycles. The monoisotopic (exact) mass is 274 g/mol. The molecule has 0 heterocycles. The number of nitriles is 4. The molecule has 0 aliphatic carbocycles. The van der Waals surface area contributed by atoms with Gasteiger partial charge in [-0.25, -0.2) is 5.01 Å². The van der Waals surface area contributed by atoms with E-state index in [1.54, 1.807) is 36.4 Å². The molecule has 0 amide bonds. The third kappa shape index (κ3) is 3.93. The van der Waals surface area contributed by atoms with Crippen LogP contribution in [0, 0.1) is 45.3 Å². The summed E-state index contributed by atoms with van der Waals surface area (Å²) in [6.45, 7) is 1.94. The van der Waals surface area contributed by atoms with Crippen LogP contribution in [0.25, 0.3) is 0 Å². The molecule has 1 aromatic carbocycles. The lowest BCUT2D eigenvalue weighted by Gasteiger charge is -2.17. The molecule has 1 aromatic rings. The molecule has 0 saturated carbocycles. The molecule has 21 heavy (non-hydrogen) atoms. The summed E-state index contributed by atoms with van der Waals surface area (Å²) in [7, 11) is 0. The average molecular weight is 274 g/mol. The van der Waals surface area contributed by atoms with E-state index in [0.29, 0.717) is 12.1 Å². The van der Waals surface area contributed by atoms with Crippen LogP contribution in [-0.2, 0) is 6.42 Å². The summed E-state index contributed by atoms with van der Waals surface area (Å²) in [5.74, 6) is 0. The molecule has 0 aliphatic heterocycles. The number of hydrogen-bond acceptors (Lipinski definition) is 6. The van der Waals surface area contributed by atoms with Crippen molar-refractivity contribution in [1.82, 2.24) is 0 Å². The molecule has 0 radical (unpaired) electrons. The Bertz CT molecular complexity index is 672. The van der Waals surface area contributed by atoms with Crippen LogP contribution in [0.3, 0.4) is 0 Å². The summed E-state index contributed by atoms with van der Waals surface area (Å²) in [5, 5.41) is 40.4. The lowest BCUT2D eigenvalue weighted by molar-refractivity contribution is 1.03. The molecule has 0 saturated heterocycles. The maximum absolute atomic E-state index is 8.85. The molecular formula is C15H10N6. The predicted molar refractivity (Wildman–Crippen MR) is 76.3 cm³/mol. The van der Waals surface area contributed by atoms with Crippen LogP contribution in [-0.4, -0.2) is 5.71 Å². The Morgan fingerprint density at radius 1 is 1.10 bits per heavy atom. The minimum atomic E-state index is -0.368. The molecule has 0 unspecified atom stereocenters. The first-order valence-electron chi connectivity index (χ1n) is 5.98. The number of nitrogens with zero attached hydrogens (tertiary/aromatic N) is 6. The fraction of sp³-hybridized carbons (Fsp3) is 0.133. The van der Waals surface area contributed by atoms with E-state index >= 15 is 0 Å². The van der Waals surface area contributed by atoms with Crippen LogP contribution >= 0.6 is 0 Å². The second-order valence-corrected chi connectivity index (χ2v) is 3.77. The van der Waals surface area contributed by atoms with Crippen LogP contribution in [0.2, 0.25) is 0 Å². The van der Waals surface area contributed by atoms with E-state index < -0.39 is 0 Å². The summed E-state index contributed by atoms with van der Waals surface area (Å²) in [4.78, 5) is 0. The Hall–Kier alpha value is -3.61. The highest BCUT2D eigenvalue weighted by molar-refractivity contribution is 6.10. The van der Waals surface area contributed by atoms with Crippen LogP contribution in [0.5, 0.6) is 0 Å². The molecule has 100 valence electrons. The minimum absolute atomic E-state index is 0.181. The number of anilines is 1. The third-order valence-electron chi connectivity index (χ3n) is 2.53. The normalized spacial score (nSPS) is 8.24. The SMILES string of the molecule is CCc1ccccc1N(C=C(C#N)C#N)N=C(C#N)C#N. The van der Waals surface area contributed by atoms with Gasteiger partial charge in [0.15, 0.2) is 0 Å². The van der Waals surface area contributed by atoms with Gasteiger partial charge in [-0.2, -0.15) is 21.0 Å². The fourth-order valence-corrected chi connectivity index (χ4v) is 1.57. The number of hydrazone groups is 1. The highest BCUT2D eigenvalue weighted by Crippen LogP contribution is 2.22. The van der Waals surface area contributed by atoms with Gasteiger partial charge in [0.1, 0.15) is 29.8 Å². The molecule has 6 heteroatoms. The Kier molecular flexibility index (Phi) is 5.70. The molecule has 1 rings (SSSR count). The third-order valence-corrected chi connectivity index (χ3v) is 2.53. The highest BCUT2D eigenvalue weighted by atomic mass is 15.4. The Morgan fingerprint density at radius 2 is 1.71 bits per heavy atom. The van der Waals surface area contributed by atoms with Gasteiger partial charge >= 0.3 is 0 Å². The van der Waals surface area contributed by atoms with Crippen molar-refractivity contribution in [1.29, 1.82) is 21.0 Å². The maximum Gasteiger partial charge on any atom is 0.237 e. The Morgan fingerprint density at radius 3 is 2.24 bits per heavy atom. The summed E-state index contributed by atoms with van der Waals surface area (Å²) < 4.78 is 0. The van der Waals surface area contributed by atoms with Gasteiger partial charge in [0.25, 0.3) is 0 Å². The quantitative estimate of drug-likeness (QED) is 0.475. The molecule has 0 bridgehead atoms. The van der Waals surface area contributed by atoms with Gasteiger partial charge < -0.3 is 0 Å². The molecule has 0 N–H and O–H groups in total. The van der Waals surface area contributed by atoms with Crippen molar-refractivity contribution in [2.45, 2.75) is 13.3 Å². The molecule has 0 atom stereocenters. The van der Waals surface area contributed by atoms with E-state index in [9.17, 15) is 0 Å². The van der Waals surface area contributed by atoms with Gasteiger partial charge in [0, 0.05) is 0 Å². The van der Waals surface area contributed by atoms with Crippen molar-refractivity contribution in [3.8, 4) is 24.3 Å². The van der Waals surface area contributed by atoms with Crippen LogP contribution in [0.1, 0.15) is 12.5 Å². The summed E-state index contributed by atoms with van der Waals surface area (Å²) in [6, 6.07) is 14.0. The van der Waals surface area contributed by atoms with Gasteiger partial charge in [0.2, 0.25) is 5.71 Å². The average Bonchev–Trinajstić information content (AvgIpc) is 2.55. The van der Waals surface area contributed by atoms with E-state index in [1.165, 1.54) is 11.2 Å². The lowest BCUT2D eigenvalue weighted by atomic mass is 10.1. The minimum Gasteiger partial charge on any atom is -0.237 e. The van der Waals surface area contributed by atoms with Gasteiger partial charge in [-0.05, 0) is 18.1 Å². The zero-order valence-corrected chi connectivity index (χ0v) is 11.3. The van der Waals surface area contributed by atoms with E-state index in [-0.39, 0.29) is 11.3 Å². The largest absolute Gasteiger partial charge is 0.237 e. The van der Waals surface area contributed by atoms with Gasteiger partial charge in [-0.15, -0.1) is 5.10 Å². The fourth-order valence-electron chi connectivity index (χ4n) is 1.57. The van der Waals surface area contributed by atoms with Crippen LogP contribution in [0.4, 0.5) is 5.69 Å². The van der Waals surface area contributed by atoms with Crippen LogP contribution in [0.15, 0.2) is 41.1 Å². The van der Waals surface area contributed by atoms with Crippen molar-refractivity contribution in [2.75, 3.05) is 5.01 Å². The van der Waals surface area contributed by atoms with Crippen LogP contribution < -0.4 is 5.01 Å². The number of aryl methyl sites for hydroxylation is 1. The number of hydrogen-bond donors (Lipinski definition) is 0. The lowest BCUT2D eigenvalue weighted by Crippen LogP contribution is -2.13. The number of para-hydroxylation sites is 1. The predicted octanol–water partition coefficient (Wildman–Crippen LogP) is 2.39. The zero-order chi connectivity index (χ0) is 15.7. The Labute approximate surface area is 122 Å². The van der Waals surface area contributed by atoms with Crippen molar-refractivity contribution in [3.05, 3.63) is 41.6 Å². The van der Waals surface area contributed by atoms with Gasteiger partial charge in [-0.1, -0.05) is 25.1 Å². The molecular weight excluding hydrogens is 264 g/mol. The first-order valence-corrected chi connectivity index (χ1v) is 5.98. The molecule has 0 fully saturated rings. The first-order chi connectivity index (χ1) is 10.2. The number of rotatable bonds is 4. The van der Waals surface area contributed by atoms with Crippen molar-refractivity contribution in [2.24, 2.45) is 5.10 Å². The van der Waals surface area contributed by atoms with Gasteiger partial charge in [-0.3, -0.25) is 0 Å². The smallest absolute Gasteiger partial charge is 0.237 e. The van der Waals surface area contributed by atoms with E-state index in [4.69, 9.17) is 21.0 Å². The van der Waals surface area contributed by atoms with E-state index in [2.05, 4.69) is 5.10 Å². The zero-order valence-electron chi connectivity index (χ0n) is 11.3. The highest BCUT2D eigenvalue weighted by Gasteiger charge is 2.10. The topological polar surface area (TPSA) is 111 Å². The Balaban J connectivity index is 3.48. The number of benzene rings is 1. The molecule has 6 nitrogen and oxygen atoms in total. The van der Waals surface area contributed by atoms with Crippen molar-refractivity contribution in [3.63, 3.8) is 0 Å². The van der Waals surface area contributed by atoms with Crippen molar-refractivity contribution >= 4 is 11.4 Å². The first kappa shape index (κ1) is 15.4. The van der Waals surface area contributed by atoms with E-state index in [1.807, 2.05) is 19.1 Å². The molecule has 0 spiro atoms.